The molecule has 1 aromatic heterocycles. The van der Waals surface area contributed by atoms with Gasteiger partial charge in [-0.2, -0.15) is 17.5 Å². The highest BCUT2D eigenvalue weighted by Crippen LogP contribution is 2.29. The molecule has 0 spiro atoms. The smallest absolute Gasteiger partial charge is 0.250 e. The van der Waals surface area contributed by atoms with Crippen LogP contribution in [0, 0.1) is 0 Å². The summed E-state index contributed by atoms with van der Waals surface area (Å²) < 4.78 is 62.8. The summed E-state index contributed by atoms with van der Waals surface area (Å²) in [4.78, 5) is 2.98. The van der Waals surface area contributed by atoms with E-state index in [4.69, 9.17) is 0 Å². The number of halogens is 3. The Kier molecular flexibility index (Phi) is 3.57. The molecule has 1 aliphatic rings. The molecule has 1 saturated heterocycles. The molecule has 2 heterocycles. The SMILES string of the molecule is C[C@@H]1CCCN1S(=O)(=O)c1ccc(C(F)(F)F)nc1. The summed E-state index contributed by atoms with van der Waals surface area (Å²) in [5.74, 6) is 0. The van der Waals surface area contributed by atoms with Crippen molar-refractivity contribution in [1.82, 2.24) is 9.29 Å². The average molecular weight is 294 g/mol. The van der Waals surface area contributed by atoms with E-state index >= 15 is 0 Å². The van der Waals surface area contributed by atoms with E-state index in [0.717, 1.165) is 25.1 Å². The second-order valence-corrected chi connectivity index (χ2v) is 6.37. The van der Waals surface area contributed by atoms with Crippen molar-refractivity contribution >= 4 is 10.0 Å². The Labute approximate surface area is 109 Å². The van der Waals surface area contributed by atoms with E-state index in [-0.39, 0.29) is 10.9 Å². The van der Waals surface area contributed by atoms with Crippen molar-refractivity contribution in [3.63, 3.8) is 0 Å². The van der Waals surface area contributed by atoms with Gasteiger partial charge in [0, 0.05) is 18.8 Å². The molecule has 0 radical (unpaired) electrons. The molecule has 8 heteroatoms. The minimum absolute atomic E-state index is 0.132. The molecule has 4 nitrogen and oxygen atoms in total. The second-order valence-electron chi connectivity index (χ2n) is 4.48. The van der Waals surface area contributed by atoms with E-state index in [9.17, 15) is 21.6 Å². The maximum atomic E-state index is 12.4. The number of pyridine rings is 1. The van der Waals surface area contributed by atoms with Crippen LogP contribution in [-0.2, 0) is 16.2 Å². The minimum Gasteiger partial charge on any atom is -0.250 e. The average Bonchev–Trinajstić information content (AvgIpc) is 2.75. The lowest BCUT2D eigenvalue weighted by Crippen LogP contribution is -2.33. The van der Waals surface area contributed by atoms with Gasteiger partial charge in [0.05, 0.1) is 0 Å². The lowest BCUT2D eigenvalue weighted by atomic mass is 10.3. The molecule has 0 unspecified atom stereocenters. The van der Waals surface area contributed by atoms with Gasteiger partial charge >= 0.3 is 6.18 Å². The molecule has 19 heavy (non-hydrogen) atoms. The molecule has 1 aliphatic heterocycles. The molecular weight excluding hydrogens is 281 g/mol. The zero-order valence-electron chi connectivity index (χ0n) is 10.2. The highest BCUT2D eigenvalue weighted by molar-refractivity contribution is 7.89. The van der Waals surface area contributed by atoms with Gasteiger partial charge in [-0.25, -0.2) is 8.42 Å². The molecule has 1 atom stereocenters. The third-order valence-electron chi connectivity index (χ3n) is 3.13. The van der Waals surface area contributed by atoms with E-state index in [1.165, 1.54) is 4.31 Å². The molecule has 0 saturated carbocycles. The van der Waals surface area contributed by atoms with Crippen molar-refractivity contribution in [1.29, 1.82) is 0 Å². The summed E-state index contributed by atoms with van der Waals surface area (Å²) >= 11 is 0. The maximum Gasteiger partial charge on any atom is 0.433 e. The lowest BCUT2D eigenvalue weighted by molar-refractivity contribution is -0.141. The fraction of sp³-hybridized carbons (Fsp3) is 0.545. The van der Waals surface area contributed by atoms with E-state index in [2.05, 4.69) is 4.98 Å². The Morgan fingerprint density at radius 2 is 2.05 bits per heavy atom. The predicted molar refractivity (Wildman–Crippen MR) is 61.8 cm³/mol. The summed E-state index contributed by atoms with van der Waals surface area (Å²) in [6.07, 6.45) is -2.28. The van der Waals surface area contributed by atoms with Crippen molar-refractivity contribution < 1.29 is 21.6 Å². The van der Waals surface area contributed by atoms with Gasteiger partial charge in [0.2, 0.25) is 10.0 Å². The van der Waals surface area contributed by atoms with Gasteiger partial charge in [-0.1, -0.05) is 0 Å². The molecule has 1 aromatic rings. The van der Waals surface area contributed by atoms with Crippen LogP contribution in [0.2, 0.25) is 0 Å². The molecule has 0 aliphatic carbocycles. The first-order valence-electron chi connectivity index (χ1n) is 5.78. The van der Waals surface area contributed by atoms with Gasteiger partial charge in [0.1, 0.15) is 10.6 Å². The Balaban J connectivity index is 2.32. The highest BCUT2D eigenvalue weighted by Gasteiger charge is 2.35. The number of rotatable bonds is 2. The number of alkyl halides is 3. The van der Waals surface area contributed by atoms with Crippen LogP contribution in [0.1, 0.15) is 25.5 Å². The van der Waals surface area contributed by atoms with Crippen LogP contribution >= 0.6 is 0 Å². The van der Waals surface area contributed by atoms with Crippen molar-refractivity contribution in [2.75, 3.05) is 6.54 Å². The van der Waals surface area contributed by atoms with Gasteiger partial charge < -0.3 is 0 Å². The third kappa shape index (κ3) is 2.74. The first-order valence-corrected chi connectivity index (χ1v) is 7.22. The van der Waals surface area contributed by atoms with Crippen LogP contribution in [0.15, 0.2) is 23.2 Å². The van der Waals surface area contributed by atoms with E-state index in [1.807, 2.05) is 0 Å². The summed E-state index contributed by atoms with van der Waals surface area (Å²) in [6, 6.07) is 1.51. The lowest BCUT2D eigenvalue weighted by Gasteiger charge is -2.20. The van der Waals surface area contributed by atoms with Crippen LogP contribution in [0.25, 0.3) is 0 Å². The number of hydrogen-bond acceptors (Lipinski definition) is 3. The van der Waals surface area contributed by atoms with E-state index < -0.39 is 21.9 Å². The molecule has 2 rings (SSSR count). The fourth-order valence-electron chi connectivity index (χ4n) is 2.10. The zero-order chi connectivity index (χ0) is 14.3. The fourth-order valence-corrected chi connectivity index (χ4v) is 3.75. The first kappa shape index (κ1) is 14.3. The van der Waals surface area contributed by atoms with Gasteiger partial charge in [0.25, 0.3) is 0 Å². The van der Waals surface area contributed by atoms with Crippen LogP contribution < -0.4 is 0 Å². The van der Waals surface area contributed by atoms with Crippen LogP contribution in [0.5, 0.6) is 0 Å². The second kappa shape index (κ2) is 4.75. The largest absolute Gasteiger partial charge is 0.433 e. The number of aromatic nitrogens is 1. The van der Waals surface area contributed by atoms with Crippen LogP contribution in [-0.4, -0.2) is 30.3 Å². The molecule has 0 N–H and O–H groups in total. The number of hydrogen-bond donors (Lipinski definition) is 0. The van der Waals surface area contributed by atoms with E-state index in [1.54, 1.807) is 6.92 Å². The molecule has 0 aromatic carbocycles. The quantitative estimate of drug-likeness (QED) is 0.841. The topological polar surface area (TPSA) is 50.3 Å². The van der Waals surface area contributed by atoms with Crippen molar-refractivity contribution in [2.45, 2.75) is 36.9 Å². The molecule has 0 amide bonds. The summed E-state index contributed by atoms with van der Waals surface area (Å²) in [6.45, 7) is 2.17. The molecular formula is C11H13F3N2O2S. The summed E-state index contributed by atoms with van der Waals surface area (Å²) in [5.41, 5.74) is -1.10. The van der Waals surface area contributed by atoms with Crippen LogP contribution in [0.4, 0.5) is 13.2 Å². The van der Waals surface area contributed by atoms with Gasteiger partial charge in [-0.3, -0.25) is 4.98 Å². The predicted octanol–water partition coefficient (Wildman–Crippen LogP) is 2.27. The standard InChI is InChI=1S/C11H13F3N2O2S/c1-8-3-2-6-16(8)19(17,18)9-4-5-10(15-7-9)11(12,13)14/h4-5,7-8H,2-3,6H2,1H3/t8-/m1/s1. The first-order chi connectivity index (χ1) is 8.73. The Morgan fingerprint density at radius 3 is 2.47 bits per heavy atom. The Hall–Kier alpha value is -1.15. The Bertz CT molecular complexity index is 554. The van der Waals surface area contributed by atoms with Crippen molar-refractivity contribution in [3.8, 4) is 0 Å². The Morgan fingerprint density at radius 1 is 1.37 bits per heavy atom. The monoisotopic (exact) mass is 294 g/mol. The number of sulfonamides is 1. The summed E-state index contributed by atoms with van der Waals surface area (Å²) in [7, 11) is -3.75. The zero-order valence-corrected chi connectivity index (χ0v) is 11.0. The normalized spacial score (nSPS) is 21.8. The third-order valence-corrected chi connectivity index (χ3v) is 5.12. The van der Waals surface area contributed by atoms with Crippen LogP contribution in [0.3, 0.4) is 0 Å². The molecule has 1 fully saturated rings. The van der Waals surface area contributed by atoms with Crippen molar-refractivity contribution in [3.05, 3.63) is 24.0 Å². The van der Waals surface area contributed by atoms with E-state index in [0.29, 0.717) is 12.6 Å². The minimum atomic E-state index is -4.57. The molecule has 0 bridgehead atoms. The van der Waals surface area contributed by atoms with Gasteiger partial charge in [0.15, 0.2) is 0 Å². The van der Waals surface area contributed by atoms with Crippen molar-refractivity contribution in [2.24, 2.45) is 0 Å². The molecule has 106 valence electrons. The highest BCUT2D eigenvalue weighted by atomic mass is 32.2. The number of nitrogens with zero attached hydrogens (tertiary/aromatic N) is 2. The summed E-state index contributed by atoms with van der Waals surface area (Å²) in [5, 5.41) is 0. The van der Waals surface area contributed by atoms with Gasteiger partial charge in [-0.05, 0) is 31.9 Å². The maximum absolute atomic E-state index is 12.4. The van der Waals surface area contributed by atoms with Gasteiger partial charge in [-0.15, -0.1) is 0 Å².